The van der Waals surface area contributed by atoms with E-state index in [0.29, 0.717) is 5.02 Å². The van der Waals surface area contributed by atoms with E-state index < -0.39 is 11.8 Å². The maximum atomic E-state index is 13.3. The Labute approximate surface area is 102 Å². The van der Waals surface area contributed by atoms with Crippen LogP contribution in [0.2, 0.25) is 5.02 Å². The summed E-state index contributed by atoms with van der Waals surface area (Å²) in [5, 5.41) is 0.337. The SMILES string of the molecule is O=C(Oc1cncc(Cl)c1)c1ccccc1F. The van der Waals surface area contributed by atoms with E-state index in [1.165, 1.54) is 36.7 Å². The zero-order chi connectivity index (χ0) is 12.3. The highest BCUT2D eigenvalue weighted by molar-refractivity contribution is 6.30. The molecule has 17 heavy (non-hydrogen) atoms. The van der Waals surface area contributed by atoms with Crippen molar-refractivity contribution in [3.63, 3.8) is 0 Å². The van der Waals surface area contributed by atoms with Crippen LogP contribution in [-0.4, -0.2) is 11.0 Å². The zero-order valence-corrected chi connectivity index (χ0v) is 9.32. The lowest BCUT2D eigenvalue weighted by molar-refractivity contribution is 0.0729. The Morgan fingerprint density at radius 3 is 2.76 bits per heavy atom. The smallest absolute Gasteiger partial charge is 0.346 e. The predicted molar refractivity (Wildman–Crippen MR) is 60.6 cm³/mol. The molecular weight excluding hydrogens is 245 g/mol. The fraction of sp³-hybridized carbons (Fsp3) is 0. The van der Waals surface area contributed by atoms with Gasteiger partial charge in [-0.2, -0.15) is 0 Å². The fourth-order valence-corrected chi connectivity index (χ4v) is 1.40. The molecule has 1 heterocycles. The molecule has 0 saturated heterocycles. The largest absolute Gasteiger partial charge is 0.421 e. The van der Waals surface area contributed by atoms with E-state index >= 15 is 0 Å². The molecule has 0 fully saturated rings. The number of benzene rings is 1. The molecule has 0 spiro atoms. The fourth-order valence-electron chi connectivity index (χ4n) is 1.24. The van der Waals surface area contributed by atoms with Gasteiger partial charge in [0.25, 0.3) is 0 Å². The minimum atomic E-state index is -0.785. The summed E-state index contributed by atoms with van der Waals surface area (Å²) in [4.78, 5) is 15.4. The molecule has 0 aliphatic carbocycles. The van der Waals surface area contributed by atoms with Gasteiger partial charge in [-0.15, -0.1) is 0 Å². The van der Waals surface area contributed by atoms with Gasteiger partial charge in [-0.1, -0.05) is 23.7 Å². The van der Waals surface area contributed by atoms with E-state index in [2.05, 4.69) is 4.98 Å². The number of nitrogens with zero attached hydrogens (tertiary/aromatic N) is 1. The Kier molecular flexibility index (Phi) is 3.35. The van der Waals surface area contributed by atoms with Crippen LogP contribution in [0.4, 0.5) is 4.39 Å². The van der Waals surface area contributed by atoms with E-state index in [4.69, 9.17) is 16.3 Å². The standard InChI is InChI=1S/C12H7ClFNO2/c13-8-5-9(7-15-6-8)17-12(16)10-3-1-2-4-11(10)14/h1-7H. The predicted octanol–water partition coefficient (Wildman–Crippen LogP) is 3.09. The Hall–Kier alpha value is -1.94. The van der Waals surface area contributed by atoms with Crippen molar-refractivity contribution in [1.29, 1.82) is 0 Å². The van der Waals surface area contributed by atoms with Gasteiger partial charge in [0.15, 0.2) is 5.75 Å². The molecule has 5 heteroatoms. The number of ether oxygens (including phenoxy) is 1. The van der Waals surface area contributed by atoms with E-state index in [-0.39, 0.29) is 11.3 Å². The van der Waals surface area contributed by atoms with Crippen LogP contribution in [0.15, 0.2) is 42.7 Å². The summed E-state index contributed by atoms with van der Waals surface area (Å²) in [6.45, 7) is 0. The number of rotatable bonds is 2. The average Bonchev–Trinajstić information content (AvgIpc) is 2.29. The van der Waals surface area contributed by atoms with Gasteiger partial charge in [0, 0.05) is 12.3 Å². The van der Waals surface area contributed by atoms with Gasteiger partial charge in [0.05, 0.1) is 16.8 Å². The van der Waals surface area contributed by atoms with E-state index in [9.17, 15) is 9.18 Å². The van der Waals surface area contributed by atoms with E-state index in [0.717, 1.165) is 0 Å². The summed E-state index contributed by atoms with van der Waals surface area (Å²) in [5.41, 5.74) is -0.132. The van der Waals surface area contributed by atoms with Crippen molar-refractivity contribution in [2.75, 3.05) is 0 Å². The number of pyridine rings is 1. The number of carbonyl (C=O) groups excluding carboxylic acids is 1. The summed E-state index contributed by atoms with van der Waals surface area (Å²) in [6.07, 6.45) is 2.73. The third-order valence-electron chi connectivity index (χ3n) is 1.98. The van der Waals surface area contributed by atoms with Gasteiger partial charge >= 0.3 is 5.97 Å². The first-order valence-corrected chi connectivity index (χ1v) is 5.12. The van der Waals surface area contributed by atoms with Gasteiger partial charge in [-0.25, -0.2) is 9.18 Å². The molecule has 2 aromatic rings. The first-order chi connectivity index (χ1) is 8.16. The Morgan fingerprint density at radius 2 is 2.06 bits per heavy atom. The summed E-state index contributed by atoms with van der Waals surface area (Å²) in [7, 11) is 0. The maximum Gasteiger partial charge on any atom is 0.346 e. The Balaban J connectivity index is 2.20. The maximum absolute atomic E-state index is 13.3. The van der Waals surface area contributed by atoms with E-state index in [1.54, 1.807) is 6.07 Å². The summed E-state index contributed by atoms with van der Waals surface area (Å²) < 4.78 is 18.2. The van der Waals surface area contributed by atoms with Crippen molar-refractivity contribution in [3.8, 4) is 5.75 Å². The van der Waals surface area contributed by atoms with Crippen molar-refractivity contribution >= 4 is 17.6 Å². The highest BCUT2D eigenvalue weighted by Gasteiger charge is 2.13. The molecule has 1 aromatic carbocycles. The van der Waals surface area contributed by atoms with Crippen molar-refractivity contribution in [1.82, 2.24) is 4.98 Å². The molecule has 0 aliphatic rings. The molecule has 0 radical (unpaired) electrons. The van der Waals surface area contributed by atoms with Crippen LogP contribution < -0.4 is 4.74 Å². The first kappa shape index (κ1) is 11.5. The van der Waals surface area contributed by atoms with Crippen LogP contribution in [0.5, 0.6) is 5.75 Å². The van der Waals surface area contributed by atoms with E-state index in [1.807, 2.05) is 0 Å². The number of hydrogen-bond donors (Lipinski definition) is 0. The van der Waals surface area contributed by atoms with Gasteiger partial charge in [-0.05, 0) is 12.1 Å². The molecular formula is C12H7ClFNO2. The molecule has 0 atom stereocenters. The van der Waals surface area contributed by atoms with Crippen LogP contribution in [0.25, 0.3) is 0 Å². The lowest BCUT2D eigenvalue weighted by atomic mass is 10.2. The molecule has 3 nitrogen and oxygen atoms in total. The second-order valence-electron chi connectivity index (χ2n) is 3.21. The van der Waals surface area contributed by atoms with Crippen LogP contribution in [0.1, 0.15) is 10.4 Å². The van der Waals surface area contributed by atoms with Gasteiger partial charge in [0.2, 0.25) is 0 Å². The highest BCUT2D eigenvalue weighted by atomic mass is 35.5. The van der Waals surface area contributed by atoms with Gasteiger partial charge in [0.1, 0.15) is 5.82 Å². The van der Waals surface area contributed by atoms with Crippen molar-refractivity contribution < 1.29 is 13.9 Å². The monoisotopic (exact) mass is 251 g/mol. The Bertz CT molecular complexity index is 560. The van der Waals surface area contributed by atoms with Gasteiger partial charge in [-0.3, -0.25) is 4.98 Å². The second kappa shape index (κ2) is 4.93. The molecule has 0 aliphatic heterocycles. The number of esters is 1. The quantitative estimate of drug-likeness (QED) is 0.770. The Morgan fingerprint density at radius 1 is 1.29 bits per heavy atom. The lowest BCUT2D eigenvalue weighted by Gasteiger charge is -2.04. The van der Waals surface area contributed by atoms with Crippen LogP contribution in [0, 0.1) is 5.82 Å². The van der Waals surface area contributed by atoms with Crippen molar-refractivity contribution in [2.45, 2.75) is 0 Å². The molecule has 2 rings (SSSR count). The third kappa shape index (κ3) is 2.79. The molecule has 0 amide bonds. The number of aromatic nitrogens is 1. The topological polar surface area (TPSA) is 39.2 Å². The normalized spacial score (nSPS) is 10.0. The minimum Gasteiger partial charge on any atom is -0.421 e. The lowest BCUT2D eigenvalue weighted by Crippen LogP contribution is -2.10. The summed E-state index contributed by atoms with van der Waals surface area (Å²) in [6, 6.07) is 7.00. The van der Waals surface area contributed by atoms with Crippen LogP contribution in [-0.2, 0) is 0 Å². The third-order valence-corrected chi connectivity index (χ3v) is 2.19. The van der Waals surface area contributed by atoms with Crippen LogP contribution in [0.3, 0.4) is 0 Å². The molecule has 1 aromatic heterocycles. The molecule has 0 unspecified atom stereocenters. The molecule has 0 N–H and O–H groups in total. The first-order valence-electron chi connectivity index (χ1n) is 4.74. The second-order valence-corrected chi connectivity index (χ2v) is 3.64. The van der Waals surface area contributed by atoms with Crippen LogP contribution >= 0.6 is 11.6 Å². The number of hydrogen-bond acceptors (Lipinski definition) is 3. The number of halogens is 2. The highest BCUT2D eigenvalue weighted by Crippen LogP contribution is 2.17. The minimum absolute atomic E-state index is 0.132. The molecule has 0 bridgehead atoms. The van der Waals surface area contributed by atoms with Crippen molar-refractivity contribution in [3.05, 3.63) is 59.1 Å². The zero-order valence-electron chi connectivity index (χ0n) is 8.56. The average molecular weight is 252 g/mol. The summed E-state index contributed by atoms with van der Waals surface area (Å²) in [5.74, 6) is -1.24. The summed E-state index contributed by atoms with van der Waals surface area (Å²) >= 11 is 5.68. The number of carbonyl (C=O) groups is 1. The van der Waals surface area contributed by atoms with Gasteiger partial charge < -0.3 is 4.74 Å². The molecule has 0 saturated carbocycles. The van der Waals surface area contributed by atoms with Crippen molar-refractivity contribution in [2.24, 2.45) is 0 Å². The molecule has 86 valence electrons.